The quantitative estimate of drug-likeness (QED) is 0.942. The van der Waals surface area contributed by atoms with Crippen molar-refractivity contribution in [1.29, 1.82) is 0 Å². The highest BCUT2D eigenvalue weighted by molar-refractivity contribution is 9.10. The molecular weight excluding hydrogens is 298 g/mol. The normalized spacial score (nSPS) is 10.3. The summed E-state index contributed by atoms with van der Waals surface area (Å²) in [6.07, 6.45) is 0. The topological polar surface area (TPSA) is 37.8 Å². The van der Waals surface area contributed by atoms with Crippen molar-refractivity contribution in [1.82, 2.24) is 8.75 Å². The number of halogens is 2. The smallest absolute Gasteiger partial charge is 0.186 e. The van der Waals surface area contributed by atoms with Gasteiger partial charge in [-0.05, 0) is 11.6 Å². The highest BCUT2D eigenvalue weighted by Gasteiger charge is 2.05. The monoisotopic (exact) mass is 303 g/mol. The minimum Gasteiger partial charge on any atom is -0.362 e. The third-order valence-electron chi connectivity index (χ3n) is 1.85. The maximum atomic E-state index is 5.81. The van der Waals surface area contributed by atoms with Gasteiger partial charge in [0, 0.05) is 11.0 Å². The predicted molar refractivity (Wildman–Crippen MR) is 66.4 cm³/mol. The fourth-order valence-corrected chi connectivity index (χ4v) is 2.21. The molecule has 3 nitrogen and oxygen atoms in total. The van der Waals surface area contributed by atoms with Crippen LogP contribution in [0.4, 0.5) is 5.82 Å². The lowest BCUT2D eigenvalue weighted by atomic mass is 10.2. The van der Waals surface area contributed by atoms with Crippen LogP contribution >= 0.6 is 39.3 Å². The Morgan fingerprint density at radius 3 is 2.80 bits per heavy atom. The fourth-order valence-electron chi connectivity index (χ4n) is 1.10. The molecule has 1 aromatic heterocycles. The Balaban J connectivity index is 2.06. The number of anilines is 1. The molecule has 0 saturated heterocycles. The second kappa shape index (κ2) is 4.92. The summed E-state index contributed by atoms with van der Waals surface area (Å²) in [6.45, 7) is 0.673. The molecule has 1 heterocycles. The van der Waals surface area contributed by atoms with Crippen molar-refractivity contribution in [3.05, 3.63) is 39.5 Å². The zero-order valence-electron chi connectivity index (χ0n) is 7.58. The van der Waals surface area contributed by atoms with Crippen LogP contribution in [0.2, 0.25) is 5.15 Å². The van der Waals surface area contributed by atoms with Crippen molar-refractivity contribution in [2.45, 2.75) is 6.54 Å². The van der Waals surface area contributed by atoms with Gasteiger partial charge in [0.15, 0.2) is 11.0 Å². The lowest BCUT2D eigenvalue weighted by molar-refractivity contribution is 1.12. The van der Waals surface area contributed by atoms with Crippen molar-refractivity contribution >= 4 is 45.1 Å². The van der Waals surface area contributed by atoms with Gasteiger partial charge in [0.2, 0.25) is 0 Å². The first-order chi connectivity index (χ1) is 7.27. The molecule has 1 N–H and O–H groups in total. The van der Waals surface area contributed by atoms with Crippen molar-refractivity contribution in [2.75, 3.05) is 5.32 Å². The van der Waals surface area contributed by atoms with Crippen LogP contribution in [-0.4, -0.2) is 8.75 Å². The molecule has 0 unspecified atom stereocenters. The molecule has 0 aliphatic rings. The summed E-state index contributed by atoms with van der Waals surface area (Å²) in [7, 11) is 0. The molecule has 0 aliphatic heterocycles. The van der Waals surface area contributed by atoms with Crippen molar-refractivity contribution in [3.63, 3.8) is 0 Å². The van der Waals surface area contributed by atoms with E-state index < -0.39 is 0 Å². The number of hydrogen-bond acceptors (Lipinski definition) is 4. The van der Waals surface area contributed by atoms with Gasteiger partial charge in [-0.25, -0.2) is 0 Å². The molecule has 0 atom stereocenters. The summed E-state index contributed by atoms with van der Waals surface area (Å²) in [6, 6.07) is 8.00. The number of hydrogen-bond donors (Lipinski definition) is 1. The van der Waals surface area contributed by atoms with Gasteiger partial charge in [-0.15, -0.1) is 0 Å². The molecule has 0 fully saturated rings. The Kier molecular flexibility index (Phi) is 3.56. The Hall–Kier alpha value is -0.650. The third-order valence-corrected chi connectivity index (χ3v) is 3.52. The molecule has 0 radical (unpaired) electrons. The summed E-state index contributed by atoms with van der Waals surface area (Å²) in [5.74, 6) is 0.636. The van der Waals surface area contributed by atoms with Gasteiger partial charge >= 0.3 is 0 Å². The van der Waals surface area contributed by atoms with Crippen LogP contribution in [0.25, 0.3) is 0 Å². The van der Waals surface area contributed by atoms with Gasteiger partial charge in [0.1, 0.15) is 0 Å². The largest absolute Gasteiger partial charge is 0.362 e. The molecule has 0 aliphatic carbocycles. The predicted octanol–water partition coefficient (Wildman–Crippen LogP) is 3.57. The van der Waals surface area contributed by atoms with E-state index in [1.807, 2.05) is 24.3 Å². The van der Waals surface area contributed by atoms with Crippen LogP contribution in [0.5, 0.6) is 0 Å². The zero-order chi connectivity index (χ0) is 10.7. The average molecular weight is 305 g/mol. The minimum absolute atomic E-state index is 0.423. The van der Waals surface area contributed by atoms with E-state index in [1.54, 1.807) is 0 Å². The molecule has 78 valence electrons. The SMILES string of the molecule is Clc1nsnc1NCc1ccccc1Br. The zero-order valence-corrected chi connectivity index (χ0v) is 10.7. The van der Waals surface area contributed by atoms with Crippen molar-refractivity contribution < 1.29 is 0 Å². The van der Waals surface area contributed by atoms with E-state index in [2.05, 4.69) is 30.0 Å². The Morgan fingerprint density at radius 2 is 2.13 bits per heavy atom. The van der Waals surface area contributed by atoms with Gasteiger partial charge < -0.3 is 5.32 Å². The van der Waals surface area contributed by atoms with E-state index >= 15 is 0 Å². The second-order valence-corrected chi connectivity index (χ2v) is 4.59. The Labute approximate surface area is 105 Å². The summed E-state index contributed by atoms with van der Waals surface area (Å²) < 4.78 is 8.97. The van der Waals surface area contributed by atoms with Crippen LogP contribution < -0.4 is 5.32 Å². The van der Waals surface area contributed by atoms with Crippen molar-refractivity contribution in [3.8, 4) is 0 Å². The molecule has 15 heavy (non-hydrogen) atoms. The lowest BCUT2D eigenvalue weighted by Crippen LogP contribution is -2.00. The van der Waals surface area contributed by atoms with Crippen LogP contribution in [0.3, 0.4) is 0 Å². The highest BCUT2D eigenvalue weighted by atomic mass is 79.9. The molecular formula is C9H7BrClN3S. The van der Waals surface area contributed by atoms with E-state index in [4.69, 9.17) is 11.6 Å². The first-order valence-electron chi connectivity index (χ1n) is 4.22. The molecule has 6 heteroatoms. The Bertz CT molecular complexity index is 460. The maximum Gasteiger partial charge on any atom is 0.186 e. The minimum atomic E-state index is 0.423. The third kappa shape index (κ3) is 2.68. The molecule has 1 aromatic carbocycles. The second-order valence-electron chi connectivity index (χ2n) is 2.85. The summed E-state index contributed by atoms with van der Waals surface area (Å²) in [5, 5.41) is 3.55. The van der Waals surface area contributed by atoms with Gasteiger partial charge in [-0.2, -0.15) is 8.75 Å². The van der Waals surface area contributed by atoms with Crippen LogP contribution in [-0.2, 0) is 6.54 Å². The molecule has 2 rings (SSSR count). The number of aromatic nitrogens is 2. The number of nitrogens with zero attached hydrogens (tertiary/aromatic N) is 2. The highest BCUT2D eigenvalue weighted by Crippen LogP contribution is 2.21. The Morgan fingerprint density at radius 1 is 1.33 bits per heavy atom. The van der Waals surface area contributed by atoms with Gasteiger partial charge in [-0.1, -0.05) is 45.7 Å². The van der Waals surface area contributed by atoms with Crippen LogP contribution in [0.15, 0.2) is 28.7 Å². The van der Waals surface area contributed by atoms with Crippen molar-refractivity contribution in [2.24, 2.45) is 0 Å². The van der Waals surface area contributed by atoms with E-state index in [9.17, 15) is 0 Å². The van der Waals surface area contributed by atoms with Crippen LogP contribution in [0, 0.1) is 0 Å². The number of nitrogens with one attached hydrogen (secondary N) is 1. The van der Waals surface area contributed by atoms with Gasteiger partial charge in [0.25, 0.3) is 0 Å². The van der Waals surface area contributed by atoms with Gasteiger partial charge in [-0.3, -0.25) is 0 Å². The lowest BCUT2D eigenvalue weighted by Gasteiger charge is -2.05. The maximum absolute atomic E-state index is 5.81. The first-order valence-corrected chi connectivity index (χ1v) is 6.13. The van der Waals surface area contributed by atoms with E-state index in [1.165, 1.54) is 0 Å². The fraction of sp³-hybridized carbons (Fsp3) is 0.111. The average Bonchev–Trinajstić information content (AvgIpc) is 2.63. The van der Waals surface area contributed by atoms with Gasteiger partial charge in [0.05, 0.1) is 11.7 Å². The number of benzene rings is 1. The molecule has 2 aromatic rings. The van der Waals surface area contributed by atoms with E-state index in [0.717, 1.165) is 21.8 Å². The molecule has 0 amide bonds. The van der Waals surface area contributed by atoms with E-state index in [0.29, 0.717) is 17.5 Å². The molecule has 0 spiro atoms. The molecule has 0 bridgehead atoms. The standard InChI is InChI=1S/C9H7BrClN3S/c10-7-4-2-1-3-6(7)5-12-9-8(11)13-15-14-9/h1-4H,5H2,(H,12,14). The molecule has 0 saturated carbocycles. The van der Waals surface area contributed by atoms with Crippen LogP contribution in [0.1, 0.15) is 5.56 Å². The number of rotatable bonds is 3. The summed E-state index contributed by atoms with van der Waals surface area (Å²) >= 11 is 10.4. The van der Waals surface area contributed by atoms with E-state index in [-0.39, 0.29) is 0 Å². The summed E-state index contributed by atoms with van der Waals surface area (Å²) in [4.78, 5) is 0. The summed E-state index contributed by atoms with van der Waals surface area (Å²) in [5.41, 5.74) is 1.15. The first kappa shape index (κ1) is 10.9.